The summed E-state index contributed by atoms with van der Waals surface area (Å²) in [5.41, 5.74) is 0.840. The smallest absolute Gasteiger partial charge is 0.250 e. The Morgan fingerprint density at radius 2 is 2.05 bits per heavy atom. The van der Waals surface area contributed by atoms with Gasteiger partial charge in [0.15, 0.2) is 0 Å². The fourth-order valence-corrected chi connectivity index (χ4v) is 5.55. The van der Waals surface area contributed by atoms with E-state index in [4.69, 9.17) is 0 Å². The van der Waals surface area contributed by atoms with Gasteiger partial charge in [0.05, 0.1) is 6.61 Å². The van der Waals surface area contributed by atoms with Crippen molar-refractivity contribution in [2.45, 2.75) is 62.8 Å². The van der Waals surface area contributed by atoms with Crippen molar-refractivity contribution in [3.63, 3.8) is 0 Å². The van der Waals surface area contributed by atoms with E-state index in [-0.39, 0.29) is 12.6 Å². The third-order valence-corrected chi connectivity index (χ3v) is 7.26. The van der Waals surface area contributed by atoms with E-state index in [9.17, 15) is 13.5 Å². The highest BCUT2D eigenvalue weighted by atomic mass is 32.2. The van der Waals surface area contributed by atoms with Crippen LogP contribution in [0.2, 0.25) is 0 Å². The second-order valence-corrected chi connectivity index (χ2v) is 8.75. The van der Waals surface area contributed by atoms with Crippen LogP contribution in [0.15, 0.2) is 10.3 Å². The number of rotatable bonds is 4. The van der Waals surface area contributed by atoms with Gasteiger partial charge in [0.2, 0.25) is 10.0 Å². The number of hydrogen-bond acceptors (Lipinski definition) is 4. The van der Waals surface area contributed by atoms with Crippen LogP contribution >= 0.6 is 11.3 Å². The summed E-state index contributed by atoms with van der Waals surface area (Å²) in [5.74, 6) is 0.380. The van der Waals surface area contributed by atoms with Gasteiger partial charge in [0, 0.05) is 10.9 Å². The zero-order valence-corrected chi connectivity index (χ0v) is 13.7. The Morgan fingerprint density at radius 1 is 1.35 bits per heavy atom. The van der Waals surface area contributed by atoms with E-state index >= 15 is 0 Å². The number of thiophene rings is 1. The van der Waals surface area contributed by atoms with E-state index in [1.807, 2.05) is 6.92 Å². The SMILES string of the molecule is Cc1cc(S(=O)(=O)NC2CCCCCC2C)sc1CO. The Balaban J connectivity index is 2.17. The zero-order chi connectivity index (χ0) is 14.8. The first-order chi connectivity index (χ1) is 9.44. The van der Waals surface area contributed by atoms with E-state index in [1.165, 1.54) is 12.8 Å². The van der Waals surface area contributed by atoms with E-state index in [2.05, 4.69) is 11.6 Å². The molecule has 2 unspecified atom stereocenters. The van der Waals surface area contributed by atoms with Crippen LogP contribution in [0.3, 0.4) is 0 Å². The first kappa shape index (κ1) is 15.9. The standard InChI is InChI=1S/C14H23NO3S2/c1-10-6-4-3-5-7-12(10)15-20(17,18)14-8-11(2)13(9-16)19-14/h8,10,12,15-16H,3-7,9H2,1-2H3. The van der Waals surface area contributed by atoms with Crippen molar-refractivity contribution in [2.24, 2.45) is 5.92 Å². The topological polar surface area (TPSA) is 66.4 Å². The summed E-state index contributed by atoms with van der Waals surface area (Å²) in [6, 6.07) is 1.68. The molecule has 20 heavy (non-hydrogen) atoms. The lowest BCUT2D eigenvalue weighted by molar-refractivity contribution is 0.285. The predicted octanol–water partition coefficient (Wildman–Crippen LogP) is 2.80. The van der Waals surface area contributed by atoms with E-state index in [0.29, 0.717) is 10.1 Å². The third-order valence-electron chi connectivity index (χ3n) is 4.07. The first-order valence-corrected chi connectivity index (χ1v) is 9.46. The lowest BCUT2D eigenvalue weighted by Crippen LogP contribution is -2.38. The molecule has 2 N–H and O–H groups in total. The summed E-state index contributed by atoms with van der Waals surface area (Å²) in [6.07, 6.45) is 5.46. The lowest BCUT2D eigenvalue weighted by atomic mass is 9.98. The molecule has 0 aliphatic heterocycles. The molecule has 1 fully saturated rings. The van der Waals surface area contributed by atoms with Gasteiger partial charge in [0.25, 0.3) is 0 Å². The second-order valence-electron chi connectivity index (χ2n) is 5.67. The summed E-state index contributed by atoms with van der Waals surface area (Å²) in [4.78, 5) is 0.722. The summed E-state index contributed by atoms with van der Waals surface area (Å²) in [6.45, 7) is 3.85. The molecule has 0 bridgehead atoms. The molecular weight excluding hydrogens is 294 g/mol. The number of hydrogen-bond donors (Lipinski definition) is 2. The van der Waals surface area contributed by atoms with Gasteiger partial charge in [-0.2, -0.15) is 0 Å². The minimum atomic E-state index is -3.46. The molecule has 0 radical (unpaired) electrons. The minimum absolute atomic E-state index is 0.0301. The van der Waals surface area contributed by atoms with Gasteiger partial charge in [-0.3, -0.25) is 0 Å². The van der Waals surface area contributed by atoms with Crippen LogP contribution in [-0.2, 0) is 16.6 Å². The molecule has 2 atom stereocenters. The molecule has 1 aliphatic rings. The highest BCUT2D eigenvalue weighted by Crippen LogP contribution is 2.28. The largest absolute Gasteiger partial charge is 0.391 e. The van der Waals surface area contributed by atoms with E-state index in [1.54, 1.807) is 6.07 Å². The summed E-state index contributed by atoms with van der Waals surface area (Å²) in [7, 11) is -3.46. The maximum atomic E-state index is 12.5. The van der Waals surface area contributed by atoms with Crippen LogP contribution in [0.25, 0.3) is 0 Å². The van der Waals surface area contributed by atoms with Gasteiger partial charge in [-0.1, -0.05) is 26.2 Å². The van der Waals surface area contributed by atoms with Crippen LogP contribution in [0, 0.1) is 12.8 Å². The van der Waals surface area contributed by atoms with Gasteiger partial charge in [-0.05, 0) is 37.3 Å². The van der Waals surface area contributed by atoms with Gasteiger partial charge < -0.3 is 5.11 Å². The summed E-state index contributed by atoms with van der Waals surface area (Å²) in [5, 5.41) is 9.19. The molecule has 114 valence electrons. The number of aryl methyl sites for hydroxylation is 1. The van der Waals surface area contributed by atoms with Crippen molar-refractivity contribution in [3.05, 3.63) is 16.5 Å². The molecule has 0 amide bonds. The molecule has 1 aliphatic carbocycles. The average molecular weight is 317 g/mol. The molecule has 1 aromatic heterocycles. The van der Waals surface area contributed by atoms with Crippen LogP contribution < -0.4 is 4.72 Å². The number of aliphatic hydroxyl groups excluding tert-OH is 1. The molecule has 1 aromatic rings. The summed E-state index contributed by atoms with van der Waals surface area (Å²) >= 11 is 1.16. The predicted molar refractivity (Wildman–Crippen MR) is 81.3 cm³/mol. The Hall–Kier alpha value is -0.430. The van der Waals surface area contributed by atoms with Crippen molar-refractivity contribution in [3.8, 4) is 0 Å². The minimum Gasteiger partial charge on any atom is -0.391 e. The highest BCUT2D eigenvalue weighted by molar-refractivity contribution is 7.91. The van der Waals surface area contributed by atoms with Gasteiger partial charge in [0.1, 0.15) is 4.21 Å². The van der Waals surface area contributed by atoms with Crippen molar-refractivity contribution < 1.29 is 13.5 Å². The van der Waals surface area contributed by atoms with Crippen molar-refractivity contribution in [2.75, 3.05) is 0 Å². The average Bonchev–Trinajstić information content (AvgIpc) is 2.67. The molecule has 4 nitrogen and oxygen atoms in total. The Morgan fingerprint density at radius 3 is 2.70 bits per heavy atom. The molecule has 2 rings (SSSR count). The third kappa shape index (κ3) is 3.61. The fraction of sp³-hybridized carbons (Fsp3) is 0.714. The second kappa shape index (κ2) is 6.56. The van der Waals surface area contributed by atoms with E-state index in [0.717, 1.165) is 41.0 Å². The van der Waals surface area contributed by atoms with Crippen LogP contribution in [0.5, 0.6) is 0 Å². The zero-order valence-electron chi connectivity index (χ0n) is 12.1. The lowest BCUT2D eigenvalue weighted by Gasteiger charge is -2.22. The normalized spacial score (nSPS) is 24.6. The molecule has 1 saturated carbocycles. The maximum absolute atomic E-state index is 12.5. The van der Waals surface area contributed by atoms with E-state index < -0.39 is 10.0 Å². The van der Waals surface area contributed by atoms with Crippen molar-refractivity contribution in [1.29, 1.82) is 0 Å². The van der Waals surface area contributed by atoms with Crippen molar-refractivity contribution >= 4 is 21.4 Å². The quantitative estimate of drug-likeness (QED) is 0.839. The maximum Gasteiger partial charge on any atom is 0.250 e. The van der Waals surface area contributed by atoms with Crippen molar-refractivity contribution in [1.82, 2.24) is 4.72 Å². The first-order valence-electron chi connectivity index (χ1n) is 7.16. The number of nitrogens with one attached hydrogen (secondary N) is 1. The molecular formula is C14H23NO3S2. The number of aliphatic hydroxyl groups is 1. The van der Waals surface area contributed by atoms with Gasteiger partial charge in [-0.15, -0.1) is 11.3 Å². The Kier molecular flexibility index (Phi) is 5.23. The Bertz CT molecular complexity index is 551. The highest BCUT2D eigenvalue weighted by Gasteiger charge is 2.27. The molecule has 6 heteroatoms. The van der Waals surface area contributed by atoms with Gasteiger partial charge >= 0.3 is 0 Å². The fourth-order valence-electron chi connectivity index (χ4n) is 2.70. The van der Waals surface area contributed by atoms with Crippen LogP contribution in [0.1, 0.15) is 49.5 Å². The Labute approximate surface area is 125 Å². The van der Waals surface area contributed by atoms with Crippen LogP contribution in [-0.4, -0.2) is 19.6 Å². The molecule has 1 heterocycles. The monoisotopic (exact) mass is 317 g/mol. The summed E-state index contributed by atoms with van der Waals surface area (Å²) < 4.78 is 28.1. The molecule has 0 aromatic carbocycles. The number of sulfonamides is 1. The molecule has 0 spiro atoms. The molecule has 0 saturated heterocycles. The van der Waals surface area contributed by atoms with Gasteiger partial charge in [-0.25, -0.2) is 13.1 Å². The van der Waals surface area contributed by atoms with Crippen LogP contribution in [0.4, 0.5) is 0 Å².